The number of hydrogen-bond acceptors (Lipinski definition) is 0. The summed E-state index contributed by atoms with van der Waals surface area (Å²) in [6.45, 7) is 6.55. The van der Waals surface area contributed by atoms with Gasteiger partial charge in [0.15, 0.2) is 0 Å². The first-order valence-electron chi connectivity index (χ1n) is 12.0. The van der Waals surface area contributed by atoms with Gasteiger partial charge in [0.25, 0.3) is 0 Å². The summed E-state index contributed by atoms with van der Waals surface area (Å²) < 4.78 is 0. The highest BCUT2D eigenvalue weighted by atomic mass is 14.2. The summed E-state index contributed by atoms with van der Waals surface area (Å²) in [6, 6.07) is 44.3. The smallest absolute Gasteiger partial charge is 0.0340 e. The van der Waals surface area contributed by atoms with Gasteiger partial charge in [0, 0.05) is 5.92 Å². The van der Waals surface area contributed by atoms with E-state index < -0.39 is 0 Å². The van der Waals surface area contributed by atoms with Gasteiger partial charge in [-0.25, -0.2) is 0 Å². The van der Waals surface area contributed by atoms with Gasteiger partial charge in [-0.3, -0.25) is 0 Å². The van der Waals surface area contributed by atoms with Crippen molar-refractivity contribution in [2.75, 3.05) is 0 Å². The fourth-order valence-corrected chi connectivity index (χ4v) is 4.82. The summed E-state index contributed by atoms with van der Waals surface area (Å²) in [7, 11) is 0. The third kappa shape index (κ3) is 4.45. The quantitative estimate of drug-likeness (QED) is 0.240. The third-order valence-corrected chi connectivity index (χ3v) is 6.79. The molecule has 0 saturated carbocycles. The van der Waals surface area contributed by atoms with Crippen molar-refractivity contribution in [3.63, 3.8) is 0 Å². The maximum Gasteiger partial charge on any atom is 0.0340 e. The maximum absolute atomic E-state index is 2.40. The van der Waals surface area contributed by atoms with E-state index in [-0.39, 0.29) is 5.92 Å². The van der Waals surface area contributed by atoms with Crippen molar-refractivity contribution in [2.24, 2.45) is 0 Å². The molecule has 5 rings (SSSR count). The van der Waals surface area contributed by atoms with Gasteiger partial charge in [0.2, 0.25) is 0 Å². The van der Waals surface area contributed by atoms with E-state index in [1.54, 1.807) is 0 Å². The lowest BCUT2D eigenvalue weighted by Gasteiger charge is -2.21. The van der Waals surface area contributed by atoms with Crippen LogP contribution in [0.3, 0.4) is 0 Å². The summed E-state index contributed by atoms with van der Waals surface area (Å²) in [5, 5.41) is 0. The first-order chi connectivity index (χ1) is 16.6. The number of rotatable bonds is 5. The predicted molar refractivity (Wildman–Crippen MR) is 145 cm³/mol. The molecule has 0 amide bonds. The average Bonchev–Trinajstić information content (AvgIpc) is 2.88. The molecule has 0 saturated heterocycles. The van der Waals surface area contributed by atoms with Crippen LogP contribution in [0.15, 0.2) is 121 Å². The van der Waals surface area contributed by atoms with E-state index in [9.17, 15) is 0 Å². The zero-order chi connectivity index (χ0) is 23.5. The second-order valence-electron chi connectivity index (χ2n) is 9.22. The van der Waals surface area contributed by atoms with E-state index in [0.717, 1.165) is 0 Å². The fourth-order valence-electron chi connectivity index (χ4n) is 4.82. The van der Waals surface area contributed by atoms with Crippen molar-refractivity contribution in [2.45, 2.75) is 26.7 Å². The third-order valence-electron chi connectivity index (χ3n) is 6.79. The van der Waals surface area contributed by atoms with E-state index in [1.807, 2.05) is 0 Å². The van der Waals surface area contributed by atoms with E-state index in [1.165, 1.54) is 55.6 Å². The maximum atomic E-state index is 2.40. The van der Waals surface area contributed by atoms with Crippen LogP contribution in [0, 0.1) is 20.8 Å². The molecular formula is C34H30. The van der Waals surface area contributed by atoms with E-state index in [4.69, 9.17) is 0 Å². The van der Waals surface area contributed by atoms with Gasteiger partial charge in [-0.1, -0.05) is 121 Å². The molecule has 0 spiro atoms. The molecule has 0 aliphatic heterocycles. The van der Waals surface area contributed by atoms with Crippen LogP contribution in [-0.2, 0) is 0 Å². The lowest BCUT2D eigenvalue weighted by Crippen LogP contribution is -2.04. The molecule has 0 bridgehead atoms. The molecule has 0 heterocycles. The minimum absolute atomic E-state index is 0.175. The standard InChI is InChI=1S/C34H30/c1-24-13-16-29(17-14-24)34(30-21-19-28(20-22-30)27-10-5-4-6-11-27)31-18-15-26(3)33(23-31)32-12-8-7-9-25(32)2/h4-23,34H,1-3H3. The monoisotopic (exact) mass is 438 g/mol. The largest absolute Gasteiger partial charge is 0.0622 e. The Labute approximate surface area is 203 Å². The van der Waals surface area contributed by atoms with Gasteiger partial charge in [0.1, 0.15) is 0 Å². The minimum atomic E-state index is 0.175. The Hall–Kier alpha value is -3.90. The number of benzene rings is 5. The van der Waals surface area contributed by atoms with Gasteiger partial charge < -0.3 is 0 Å². The zero-order valence-corrected chi connectivity index (χ0v) is 20.1. The molecule has 166 valence electrons. The Morgan fingerprint density at radius 2 is 0.941 bits per heavy atom. The predicted octanol–water partition coefficient (Wildman–Crippen LogP) is 9.13. The second kappa shape index (κ2) is 9.53. The van der Waals surface area contributed by atoms with Crippen LogP contribution in [0.5, 0.6) is 0 Å². The Kier molecular flexibility index (Phi) is 6.14. The molecule has 1 unspecified atom stereocenters. The Morgan fingerprint density at radius 1 is 0.412 bits per heavy atom. The highest BCUT2D eigenvalue weighted by molar-refractivity contribution is 5.72. The highest BCUT2D eigenvalue weighted by Gasteiger charge is 2.19. The molecule has 0 fully saturated rings. The summed E-state index contributed by atoms with van der Waals surface area (Å²) in [5.41, 5.74) is 13.0. The lowest BCUT2D eigenvalue weighted by molar-refractivity contribution is 0.975. The Morgan fingerprint density at radius 3 is 1.62 bits per heavy atom. The van der Waals surface area contributed by atoms with Crippen LogP contribution in [0.2, 0.25) is 0 Å². The molecule has 5 aromatic rings. The number of aryl methyl sites for hydroxylation is 3. The van der Waals surface area contributed by atoms with E-state index in [0.29, 0.717) is 0 Å². The molecule has 1 atom stereocenters. The summed E-state index contributed by atoms with van der Waals surface area (Å²) in [4.78, 5) is 0. The van der Waals surface area contributed by atoms with E-state index in [2.05, 4.69) is 142 Å². The Bertz CT molecular complexity index is 1390. The van der Waals surface area contributed by atoms with Crippen molar-refractivity contribution >= 4 is 0 Å². The fraction of sp³-hybridized carbons (Fsp3) is 0.118. The van der Waals surface area contributed by atoms with Crippen molar-refractivity contribution in [1.29, 1.82) is 0 Å². The van der Waals surface area contributed by atoms with Crippen molar-refractivity contribution in [3.8, 4) is 22.3 Å². The summed E-state index contributed by atoms with van der Waals surface area (Å²) in [5.74, 6) is 0.175. The van der Waals surface area contributed by atoms with Gasteiger partial charge in [-0.05, 0) is 76.9 Å². The molecule has 0 aliphatic rings. The molecule has 0 heteroatoms. The van der Waals surface area contributed by atoms with Crippen molar-refractivity contribution in [1.82, 2.24) is 0 Å². The van der Waals surface area contributed by atoms with Gasteiger partial charge in [0.05, 0.1) is 0 Å². The van der Waals surface area contributed by atoms with Crippen LogP contribution in [-0.4, -0.2) is 0 Å². The van der Waals surface area contributed by atoms with E-state index >= 15 is 0 Å². The molecule has 0 nitrogen and oxygen atoms in total. The molecule has 5 aromatic carbocycles. The lowest BCUT2D eigenvalue weighted by atomic mass is 9.82. The second-order valence-corrected chi connectivity index (χ2v) is 9.22. The summed E-state index contributed by atoms with van der Waals surface area (Å²) >= 11 is 0. The first kappa shape index (κ1) is 21.9. The first-order valence-corrected chi connectivity index (χ1v) is 12.0. The molecule has 0 aliphatic carbocycles. The molecule has 0 aromatic heterocycles. The highest BCUT2D eigenvalue weighted by Crippen LogP contribution is 2.37. The van der Waals surface area contributed by atoms with Crippen LogP contribution in [0.1, 0.15) is 39.3 Å². The van der Waals surface area contributed by atoms with Crippen LogP contribution in [0.25, 0.3) is 22.3 Å². The normalized spacial score (nSPS) is 11.9. The SMILES string of the molecule is Cc1ccc(C(c2ccc(-c3ccccc3)cc2)c2ccc(C)c(-c3ccccc3C)c2)cc1. The zero-order valence-electron chi connectivity index (χ0n) is 20.1. The minimum Gasteiger partial charge on any atom is -0.0622 e. The summed E-state index contributed by atoms with van der Waals surface area (Å²) in [6.07, 6.45) is 0. The molecular weight excluding hydrogens is 408 g/mol. The van der Waals surface area contributed by atoms with Crippen molar-refractivity contribution < 1.29 is 0 Å². The van der Waals surface area contributed by atoms with Crippen LogP contribution >= 0.6 is 0 Å². The number of hydrogen-bond donors (Lipinski definition) is 0. The van der Waals surface area contributed by atoms with Crippen molar-refractivity contribution in [3.05, 3.63) is 155 Å². The van der Waals surface area contributed by atoms with Gasteiger partial charge in [-0.2, -0.15) is 0 Å². The topological polar surface area (TPSA) is 0 Å². The van der Waals surface area contributed by atoms with Gasteiger partial charge >= 0.3 is 0 Å². The molecule has 34 heavy (non-hydrogen) atoms. The van der Waals surface area contributed by atoms with Crippen LogP contribution < -0.4 is 0 Å². The van der Waals surface area contributed by atoms with Gasteiger partial charge in [-0.15, -0.1) is 0 Å². The van der Waals surface area contributed by atoms with Crippen LogP contribution in [0.4, 0.5) is 0 Å². The Balaban J connectivity index is 1.63. The molecule has 0 radical (unpaired) electrons. The average molecular weight is 439 g/mol. The molecule has 0 N–H and O–H groups in total.